The lowest BCUT2D eigenvalue weighted by Gasteiger charge is -2.05. The topological polar surface area (TPSA) is 54.9 Å². The Balaban J connectivity index is 0.00000180. The number of fused-ring (bicyclic) bond motifs is 1. The summed E-state index contributed by atoms with van der Waals surface area (Å²) in [6.07, 6.45) is 2.80. The van der Waals surface area contributed by atoms with Gasteiger partial charge in [0.05, 0.1) is 10.9 Å². The van der Waals surface area contributed by atoms with Crippen LogP contribution in [-0.4, -0.2) is 15.3 Å². The first-order chi connectivity index (χ1) is 8.74. The highest BCUT2D eigenvalue weighted by Crippen LogP contribution is 2.04. The van der Waals surface area contributed by atoms with E-state index in [4.69, 9.17) is 0 Å². The summed E-state index contributed by atoms with van der Waals surface area (Å²) in [4.78, 5) is 26.7. The average Bonchev–Trinajstić information content (AvgIpc) is 2.38. The van der Waals surface area contributed by atoms with Crippen LogP contribution in [-0.2, 0) is 6.54 Å². The third kappa shape index (κ3) is 2.67. The minimum Gasteiger partial charge on any atom is -0.307 e. The number of thiol groups is 1. The Morgan fingerprint density at radius 2 is 1.94 bits per heavy atom. The highest BCUT2D eigenvalue weighted by atomic mass is 32.1. The molecule has 0 spiro atoms. The minimum absolute atomic E-state index is 0. The van der Waals surface area contributed by atoms with Crippen LogP contribution in [0.4, 0.5) is 0 Å². The number of hydrogen-bond donors (Lipinski definition) is 2. The van der Waals surface area contributed by atoms with Crippen LogP contribution in [0.5, 0.6) is 0 Å². The summed E-state index contributed by atoms with van der Waals surface area (Å²) in [5.74, 6) is 0.836. The Morgan fingerprint density at radius 3 is 2.72 bits per heavy atom. The fourth-order valence-electron chi connectivity index (χ4n) is 1.96. The van der Waals surface area contributed by atoms with Gasteiger partial charge in [-0.25, -0.2) is 4.79 Å². The molecular formula is C13H18N2O2S. The zero-order valence-corrected chi connectivity index (χ0v) is 11.0. The molecule has 0 unspecified atom stereocenters. The fourth-order valence-corrected chi connectivity index (χ4v) is 2.18. The van der Waals surface area contributed by atoms with Crippen molar-refractivity contribution in [3.63, 3.8) is 0 Å². The van der Waals surface area contributed by atoms with Crippen molar-refractivity contribution < 1.29 is 1.43 Å². The smallest absolute Gasteiger partial charge is 0.307 e. The van der Waals surface area contributed by atoms with Crippen molar-refractivity contribution in [3.05, 3.63) is 45.1 Å². The monoisotopic (exact) mass is 266 g/mol. The normalized spacial score (nSPS) is 10.9. The number of nitrogens with one attached hydrogen (secondary N) is 1. The van der Waals surface area contributed by atoms with E-state index in [1.807, 2.05) is 0 Å². The van der Waals surface area contributed by atoms with E-state index in [1.165, 1.54) is 4.57 Å². The van der Waals surface area contributed by atoms with Crippen molar-refractivity contribution >= 4 is 23.5 Å². The molecule has 0 saturated heterocycles. The van der Waals surface area contributed by atoms with E-state index in [2.05, 4.69) is 17.6 Å². The van der Waals surface area contributed by atoms with E-state index in [1.54, 1.807) is 24.3 Å². The molecule has 0 bridgehead atoms. The highest BCUT2D eigenvalue weighted by Gasteiger charge is 2.06. The molecule has 98 valence electrons. The number of nitrogens with zero attached hydrogens (tertiary/aromatic N) is 1. The first kappa shape index (κ1) is 13.0. The molecule has 1 N–H and O–H groups in total. The van der Waals surface area contributed by atoms with Crippen molar-refractivity contribution in [2.75, 3.05) is 5.75 Å². The second-order valence-electron chi connectivity index (χ2n) is 4.22. The van der Waals surface area contributed by atoms with Crippen molar-refractivity contribution in [1.82, 2.24) is 9.55 Å². The van der Waals surface area contributed by atoms with Crippen LogP contribution in [0.25, 0.3) is 10.9 Å². The molecule has 4 nitrogen and oxygen atoms in total. The molecule has 1 aromatic carbocycles. The van der Waals surface area contributed by atoms with Gasteiger partial charge in [0, 0.05) is 7.97 Å². The molecule has 0 fully saturated rings. The van der Waals surface area contributed by atoms with Gasteiger partial charge in [0.1, 0.15) is 0 Å². The number of hydrogen-bond acceptors (Lipinski definition) is 3. The Kier molecular flexibility index (Phi) is 4.25. The Bertz CT molecular complexity index is 651. The van der Waals surface area contributed by atoms with Crippen LogP contribution in [0, 0.1) is 0 Å². The number of benzene rings is 1. The van der Waals surface area contributed by atoms with E-state index in [-0.39, 0.29) is 12.7 Å². The van der Waals surface area contributed by atoms with Crippen LogP contribution in [0.15, 0.2) is 33.9 Å². The maximum absolute atomic E-state index is 12.1. The highest BCUT2D eigenvalue weighted by molar-refractivity contribution is 7.80. The van der Waals surface area contributed by atoms with Crippen molar-refractivity contribution in [3.8, 4) is 0 Å². The summed E-state index contributed by atoms with van der Waals surface area (Å²) in [5, 5.41) is 0.561. The fraction of sp³-hybridized carbons (Fsp3) is 0.385. The number of rotatable bonds is 5. The Morgan fingerprint density at radius 1 is 1.17 bits per heavy atom. The van der Waals surface area contributed by atoms with E-state index < -0.39 is 0 Å². The van der Waals surface area contributed by atoms with E-state index in [0.717, 1.165) is 25.0 Å². The standard InChI is InChI=1S/C13H16N2O2S.H2/c16-12-10-6-2-3-7-11(10)14-13(17)15(12)8-4-1-5-9-18;/h2-3,6-7,18H,1,4-5,8-9H2,(H,14,17);1H. The quantitative estimate of drug-likeness (QED) is 0.642. The zero-order chi connectivity index (χ0) is 13.0. The summed E-state index contributed by atoms with van der Waals surface area (Å²) in [6.45, 7) is 0.465. The first-order valence-electron chi connectivity index (χ1n) is 6.07. The van der Waals surface area contributed by atoms with Crippen molar-refractivity contribution in [2.45, 2.75) is 25.8 Å². The second-order valence-corrected chi connectivity index (χ2v) is 4.66. The van der Waals surface area contributed by atoms with Crippen molar-refractivity contribution in [2.24, 2.45) is 0 Å². The molecule has 1 aromatic heterocycles. The first-order valence-corrected chi connectivity index (χ1v) is 6.70. The molecule has 0 saturated carbocycles. The van der Waals surface area contributed by atoms with E-state index in [0.29, 0.717) is 17.4 Å². The molecule has 2 rings (SSSR count). The largest absolute Gasteiger partial charge is 0.328 e. The summed E-state index contributed by atoms with van der Waals surface area (Å²) in [6, 6.07) is 7.07. The third-order valence-electron chi connectivity index (χ3n) is 2.93. The molecular weight excluding hydrogens is 248 g/mol. The van der Waals surface area contributed by atoms with Gasteiger partial charge in [-0.05, 0) is 30.7 Å². The van der Waals surface area contributed by atoms with Crippen LogP contribution < -0.4 is 11.2 Å². The lowest BCUT2D eigenvalue weighted by atomic mass is 10.2. The van der Waals surface area contributed by atoms with Crippen LogP contribution in [0.2, 0.25) is 0 Å². The summed E-state index contributed by atoms with van der Waals surface area (Å²) >= 11 is 4.13. The molecule has 0 aliphatic rings. The lowest BCUT2D eigenvalue weighted by Crippen LogP contribution is -2.35. The number of aromatic amines is 1. The van der Waals surface area contributed by atoms with Gasteiger partial charge in [0.15, 0.2) is 0 Å². The molecule has 0 amide bonds. The minimum atomic E-state index is -0.329. The van der Waals surface area contributed by atoms with Crippen LogP contribution >= 0.6 is 12.6 Å². The molecule has 0 radical (unpaired) electrons. The molecule has 0 aliphatic heterocycles. The SMILES string of the molecule is O=c1[nH]c2ccccc2c(=O)n1CCCCCS.[HH]. The van der Waals surface area contributed by atoms with Gasteiger partial charge >= 0.3 is 5.69 Å². The zero-order valence-electron chi connectivity index (χ0n) is 10.1. The molecule has 5 heteroatoms. The number of H-pyrrole nitrogens is 1. The van der Waals surface area contributed by atoms with Crippen LogP contribution in [0.1, 0.15) is 20.7 Å². The summed E-state index contributed by atoms with van der Waals surface area (Å²) < 4.78 is 1.28. The van der Waals surface area contributed by atoms with E-state index in [9.17, 15) is 9.59 Å². The molecule has 18 heavy (non-hydrogen) atoms. The van der Waals surface area contributed by atoms with Gasteiger partial charge in [-0.2, -0.15) is 12.6 Å². The van der Waals surface area contributed by atoms with Gasteiger partial charge in [0.25, 0.3) is 5.56 Å². The predicted octanol–water partition coefficient (Wildman–Crippen LogP) is 2.04. The van der Waals surface area contributed by atoms with Crippen LogP contribution in [0.3, 0.4) is 0 Å². The van der Waals surface area contributed by atoms with E-state index >= 15 is 0 Å². The van der Waals surface area contributed by atoms with Gasteiger partial charge in [-0.15, -0.1) is 0 Å². The molecule has 1 heterocycles. The maximum atomic E-state index is 12.1. The Hall–Kier alpha value is -1.49. The number of para-hydroxylation sites is 1. The molecule has 0 atom stereocenters. The summed E-state index contributed by atoms with van der Waals surface area (Å²) in [7, 11) is 0. The maximum Gasteiger partial charge on any atom is 0.328 e. The molecule has 0 aliphatic carbocycles. The van der Waals surface area contributed by atoms with Gasteiger partial charge in [-0.1, -0.05) is 18.6 Å². The predicted molar refractivity (Wildman–Crippen MR) is 78.6 cm³/mol. The third-order valence-corrected chi connectivity index (χ3v) is 3.25. The Labute approximate surface area is 112 Å². The lowest BCUT2D eigenvalue weighted by molar-refractivity contribution is 0.570. The second kappa shape index (κ2) is 5.91. The average molecular weight is 266 g/mol. The van der Waals surface area contributed by atoms with Gasteiger partial charge in [-0.3, -0.25) is 9.36 Å². The van der Waals surface area contributed by atoms with Crippen molar-refractivity contribution in [1.29, 1.82) is 0 Å². The molecule has 2 aromatic rings. The number of aromatic nitrogens is 2. The van der Waals surface area contributed by atoms with Gasteiger partial charge < -0.3 is 4.98 Å². The number of unbranched alkanes of at least 4 members (excludes halogenated alkanes) is 2. The van der Waals surface area contributed by atoms with Gasteiger partial charge in [0.2, 0.25) is 0 Å². The summed E-state index contributed by atoms with van der Waals surface area (Å²) in [5.41, 5.74) is 0.0592.